The van der Waals surface area contributed by atoms with E-state index in [1.807, 2.05) is 58.9 Å². The molecular weight excluding hydrogens is 685 g/mol. The summed E-state index contributed by atoms with van der Waals surface area (Å²) in [6.07, 6.45) is 4.70. The molecular formula is C38H60N6O7S. The summed E-state index contributed by atoms with van der Waals surface area (Å²) in [5, 5.41) is 11.2. The number of sulfonamides is 1. The molecule has 13 nitrogen and oxygen atoms in total. The number of unbranched alkanes of at least 4 members (excludes halogenated alkanes) is 1. The number of rotatable bonds is 18. The molecule has 1 aliphatic carbocycles. The summed E-state index contributed by atoms with van der Waals surface area (Å²) in [7, 11) is -3.53. The molecule has 1 aromatic carbocycles. The van der Waals surface area contributed by atoms with Gasteiger partial charge < -0.3 is 26.2 Å². The smallest absolute Gasteiger partial charge is 0.315 e. The highest BCUT2D eigenvalue weighted by Crippen LogP contribution is 2.32. The van der Waals surface area contributed by atoms with Crippen LogP contribution in [0.4, 0.5) is 4.79 Å². The molecule has 5 atom stereocenters. The van der Waals surface area contributed by atoms with Crippen LogP contribution in [0.25, 0.3) is 0 Å². The second-order valence-electron chi connectivity index (χ2n) is 15.1. The SMILES string of the molecule is C=CCNC(=O)C(=O)C(CCCC)NC(=O)[C@@H]1[C@@H](C)CCN1C(=O)[C@@H](NC(=O)N[C@H](CN(CC)S(=O)(=O)CC)C(C)(C)C)C1Cc2ccccc2C1. The number of likely N-dealkylation sites (tertiary alicyclic amines) is 1. The monoisotopic (exact) mass is 744 g/mol. The molecule has 1 unspecified atom stereocenters. The lowest BCUT2D eigenvalue weighted by molar-refractivity contribution is -0.143. The van der Waals surface area contributed by atoms with Gasteiger partial charge in [0.15, 0.2) is 0 Å². The molecule has 52 heavy (non-hydrogen) atoms. The Labute approximate surface area is 310 Å². The molecule has 0 spiro atoms. The van der Waals surface area contributed by atoms with Gasteiger partial charge in [-0.1, -0.05) is 84.7 Å². The Kier molecular flexibility index (Phi) is 15.4. The second-order valence-corrected chi connectivity index (χ2v) is 17.4. The van der Waals surface area contributed by atoms with Crippen LogP contribution in [0.1, 0.15) is 85.3 Å². The molecule has 1 saturated heterocycles. The number of fused-ring (bicyclic) bond motifs is 1. The summed E-state index contributed by atoms with van der Waals surface area (Å²) >= 11 is 0. The molecule has 5 amide bonds. The molecule has 1 heterocycles. The largest absolute Gasteiger partial charge is 0.346 e. The number of amides is 5. The quantitative estimate of drug-likeness (QED) is 0.132. The number of Topliss-reactive ketones (excluding diaryl/α,β-unsaturated/α-hetero) is 1. The van der Waals surface area contributed by atoms with Crippen LogP contribution in [0.5, 0.6) is 0 Å². The van der Waals surface area contributed by atoms with Gasteiger partial charge in [0.05, 0.1) is 11.8 Å². The van der Waals surface area contributed by atoms with Gasteiger partial charge in [-0.15, -0.1) is 6.58 Å². The summed E-state index contributed by atoms with van der Waals surface area (Å²) < 4.78 is 26.9. The van der Waals surface area contributed by atoms with Crippen LogP contribution in [0.2, 0.25) is 0 Å². The van der Waals surface area contributed by atoms with E-state index in [4.69, 9.17) is 0 Å². The zero-order valence-corrected chi connectivity index (χ0v) is 32.8. The van der Waals surface area contributed by atoms with E-state index in [1.165, 1.54) is 15.3 Å². The number of carbonyl (C=O) groups excluding carboxylic acids is 5. The Morgan fingerprint density at radius 1 is 1.02 bits per heavy atom. The molecule has 0 bridgehead atoms. The summed E-state index contributed by atoms with van der Waals surface area (Å²) in [4.78, 5) is 69.6. The fourth-order valence-electron chi connectivity index (χ4n) is 7.03. The third-order valence-electron chi connectivity index (χ3n) is 10.3. The van der Waals surface area contributed by atoms with Crippen molar-refractivity contribution >= 4 is 39.6 Å². The zero-order chi connectivity index (χ0) is 38.8. The van der Waals surface area contributed by atoms with Crippen LogP contribution in [0.3, 0.4) is 0 Å². The van der Waals surface area contributed by atoms with Crippen molar-refractivity contribution in [2.45, 2.75) is 111 Å². The molecule has 0 saturated carbocycles. The summed E-state index contributed by atoms with van der Waals surface area (Å²) in [6, 6.07) is 3.71. The molecule has 0 radical (unpaired) electrons. The average molecular weight is 745 g/mol. The van der Waals surface area contributed by atoms with Crippen molar-refractivity contribution in [1.29, 1.82) is 0 Å². The van der Waals surface area contributed by atoms with Crippen molar-refractivity contribution in [3.05, 3.63) is 48.0 Å². The highest BCUT2D eigenvalue weighted by molar-refractivity contribution is 7.89. The predicted molar refractivity (Wildman–Crippen MR) is 202 cm³/mol. The highest BCUT2D eigenvalue weighted by Gasteiger charge is 2.46. The lowest BCUT2D eigenvalue weighted by Crippen LogP contribution is -2.61. The number of ketones is 1. The van der Waals surface area contributed by atoms with E-state index < -0.39 is 69.1 Å². The first-order valence-electron chi connectivity index (χ1n) is 18.6. The molecule has 0 aromatic heterocycles. The second kappa shape index (κ2) is 18.8. The average Bonchev–Trinajstić information content (AvgIpc) is 3.71. The lowest BCUT2D eigenvalue weighted by atomic mass is 9.86. The van der Waals surface area contributed by atoms with Crippen molar-refractivity contribution in [3.8, 4) is 0 Å². The number of urea groups is 1. The number of likely N-dealkylation sites (N-methyl/N-ethyl adjacent to an activating group) is 1. The topological polar surface area (TPSA) is 174 Å². The first kappa shape index (κ1) is 42.6. The van der Waals surface area contributed by atoms with Crippen molar-refractivity contribution in [2.75, 3.05) is 31.9 Å². The minimum atomic E-state index is -3.53. The van der Waals surface area contributed by atoms with Crippen LogP contribution in [0.15, 0.2) is 36.9 Å². The first-order valence-corrected chi connectivity index (χ1v) is 20.2. The third kappa shape index (κ3) is 10.9. The van der Waals surface area contributed by atoms with Crippen LogP contribution in [0, 0.1) is 17.3 Å². The Bertz CT molecular complexity index is 1530. The number of nitrogens with zero attached hydrogens (tertiary/aromatic N) is 2. The van der Waals surface area contributed by atoms with E-state index in [9.17, 15) is 32.4 Å². The molecule has 4 N–H and O–H groups in total. The Morgan fingerprint density at radius 2 is 1.65 bits per heavy atom. The van der Waals surface area contributed by atoms with Gasteiger partial charge >= 0.3 is 6.03 Å². The molecule has 290 valence electrons. The van der Waals surface area contributed by atoms with Gasteiger partial charge in [-0.25, -0.2) is 17.5 Å². The van der Waals surface area contributed by atoms with Crippen molar-refractivity contribution in [2.24, 2.45) is 17.3 Å². The Hall–Kier alpha value is -3.78. The van der Waals surface area contributed by atoms with Gasteiger partial charge in [0.25, 0.3) is 5.91 Å². The van der Waals surface area contributed by atoms with E-state index in [0.717, 1.165) is 17.5 Å². The van der Waals surface area contributed by atoms with Gasteiger partial charge in [0, 0.05) is 32.2 Å². The van der Waals surface area contributed by atoms with Gasteiger partial charge in [-0.2, -0.15) is 0 Å². The van der Waals surface area contributed by atoms with Gasteiger partial charge in [-0.05, 0) is 61.0 Å². The number of hydrogen-bond donors (Lipinski definition) is 4. The predicted octanol–water partition coefficient (Wildman–Crippen LogP) is 2.94. The summed E-state index contributed by atoms with van der Waals surface area (Å²) in [6.45, 7) is 17.1. The number of nitrogens with one attached hydrogen (secondary N) is 4. The van der Waals surface area contributed by atoms with Gasteiger partial charge in [0.1, 0.15) is 12.1 Å². The van der Waals surface area contributed by atoms with E-state index in [0.29, 0.717) is 25.7 Å². The maximum Gasteiger partial charge on any atom is 0.315 e. The number of benzene rings is 1. The maximum absolute atomic E-state index is 14.7. The third-order valence-corrected chi connectivity index (χ3v) is 12.2. The number of carbonyl (C=O) groups is 5. The molecule has 2 aliphatic rings. The van der Waals surface area contributed by atoms with E-state index in [1.54, 1.807) is 13.8 Å². The normalized spacial score (nSPS) is 19.3. The molecule has 1 aliphatic heterocycles. The zero-order valence-electron chi connectivity index (χ0n) is 32.0. The van der Waals surface area contributed by atoms with E-state index in [-0.39, 0.29) is 50.2 Å². The van der Waals surface area contributed by atoms with Gasteiger partial charge in [-0.3, -0.25) is 19.2 Å². The Balaban J connectivity index is 1.90. The van der Waals surface area contributed by atoms with Crippen LogP contribution in [-0.4, -0.2) is 103 Å². The van der Waals surface area contributed by atoms with Crippen molar-refractivity contribution < 1.29 is 32.4 Å². The first-order chi connectivity index (χ1) is 24.5. The van der Waals surface area contributed by atoms with Crippen LogP contribution >= 0.6 is 0 Å². The fraction of sp³-hybridized carbons (Fsp3) is 0.658. The maximum atomic E-state index is 14.7. The standard InChI is InChI=1S/C38H60N6O7S/c1-9-13-18-29(33(45)35(47)39-20-10-2)40-34(46)32-25(5)19-21-44(32)36(48)31(28-22-26-16-14-15-17-27(26)23-28)42-37(49)41-30(38(6,7)8)24-43(11-3)52(50,51)12-4/h10,14-17,25,28-32H,2,9,11-13,18-24H2,1,3-8H3,(H,39,47)(H,40,46)(H2,41,42,49)/t25-,29?,30+,31-,32-/m0/s1. The highest BCUT2D eigenvalue weighted by atomic mass is 32.2. The minimum Gasteiger partial charge on any atom is -0.346 e. The van der Waals surface area contributed by atoms with E-state index >= 15 is 0 Å². The minimum absolute atomic E-state index is 0.0620. The Morgan fingerprint density at radius 3 is 2.19 bits per heavy atom. The van der Waals surface area contributed by atoms with Crippen LogP contribution in [-0.2, 0) is 42.0 Å². The summed E-state index contributed by atoms with van der Waals surface area (Å²) in [5.74, 6) is -3.12. The molecule has 1 fully saturated rings. The lowest BCUT2D eigenvalue weighted by Gasteiger charge is -2.36. The molecule has 14 heteroatoms. The van der Waals surface area contributed by atoms with E-state index in [2.05, 4.69) is 27.8 Å². The van der Waals surface area contributed by atoms with Crippen molar-refractivity contribution in [1.82, 2.24) is 30.5 Å². The molecule has 3 rings (SSSR count). The van der Waals surface area contributed by atoms with Crippen molar-refractivity contribution in [3.63, 3.8) is 0 Å². The fourth-order valence-corrected chi connectivity index (χ4v) is 8.16. The van der Waals surface area contributed by atoms with Crippen LogP contribution < -0.4 is 21.3 Å². The summed E-state index contributed by atoms with van der Waals surface area (Å²) in [5.41, 5.74) is 1.64. The molecule has 1 aromatic rings. The number of hydrogen-bond acceptors (Lipinski definition) is 7. The van der Waals surface area contributed by atoms with Gasteiger partial charge in [0.2, 0.25) is 27.6 Å².